The van der Waals surface area contributed by atoms with Crippen molar-refractivity contribution in [3.8, 4) is 0 Å². The second-order valence-corrected chi connectivity index (χ2v) is 4.91. The average Bonchev–Trinajstić information content (AvgIpc) is 2.47. The number of anilines is 1. The van der Waals surface area contributed by atoms with Crippen LogP contribution < -0.4 is 5.32 Å². The monoisotopic (exact) mass is 285 g/mol. The normalized spacial score (nSPS) is 11.9. The molecule has 0 aliphatic heterocycles. The van der Waals surface area contributed by atoms with E-state index >= 15 is 0 Å². The van der Waals surface area contributed by atoms with E-state index in [1.807, 2.05) is 55.5 Å². The lowest BCUT2D eigenvalue weighted by atomic mass is 10.0. The van der Waals surface area contributed by atoms with Gasteiger partial charge in [-0.15, -0.1) is 0 Å². The van der Waals surface area contributed by atoms with Gasteiger partial charge < -0.3 is 15.2 Å². The number of aryl methyl sites for hydroxylation is 1. The Hall–Kier alpha value is -2.33. The molecule has 0 aromatic heterocycles. The van der Waals surface area contributed by atoms with Gasteiger partial charge >= 0.3 is 5.97 Å². The van der Waals surface area contributed by atoms with Gasteiger partial charge in [-0.25, -0.2) is 4.79 Å². The maximum atomic E-state index is 11.6. The van der Waals surface area contributed by atoms with E-state index in [9.17, 15) is 9.90 Å². The molecule has 0 bridgehead atoms. The first-order chi connectivity index (χ1) is 10.1. The standard InChI is InChI=1S/C17H19NO3/c1-12-7-9-14(10-8-12)18-16(17(19)20)15-6-4-3-5-13(15)11-21-2/h3-10,16,18H,11H2,1-2H3,(H,19,20). The first-order valence-corrected chi connectivity index (χ1v) is 6.74. The number of methoxy groups -OCH3 is 1. The second-order valence-electron chi connectivity index (χ2n) is 4.91. The van der Waals surface area contributed by atoms with Crippen LogP contribution in [-0.4, -0.2) is 18.2 Å². The Kier molecular flexibility index (Phi) is 4.95. The van der Waals surface area contributed by atoms with Crippen LogP contribution in [0.1, 0.15) is 22.7 Å². The summed E-state index contributed by atoms with van der Waals surface area (Å²) in [5.41, 5.74) is 3.49. The van der Waals surface area contributed by atoms with Crippen molar-refractivity contribution in [2.24, 2.45) is 0 Å². The van der Waals surface area contributed by atoms with Crippen LogP contribution in [0.4, 0.5) is 5.69 Å². The molecule has 0 aliphatic rings. The van der Waals surface area contributed by atoms with Crippen LogP contribution in [-0.2, 0) is 16.1 Å². The first kappa shape index (κ1) is 15.1. The molecule has 0 amide bonds. The van der Waals surface area contributed by atoms with Crippen LogP contribution in [0, 0.1) is 6.92 Å². The van der Waals surface area contributed by atoms with Crippen molar-refractivity contribution in [2.45, 2.75) is 19.6 Å². The summed E-state index contributed by atoms with van der Waals surface area (Å²) in [7, 11) is 1.60. The van der Waals surface area contributed by atoms with E-state index in [1.165, 1.54) is 0 Å². The second kappa shape index (κ2) is 6.90. The van der Waals surface area contributed by atoms with Gasteiger partial charge in [0.25, 0.3) is 0 Å². The number of carboxylic acids is 1. The summed E-state index contributed by atoms with van der Waals surface area (Å²) in [6.45, 7) is 2.38. The lowest BCUT2D eigenvalue weighted by molar-refractivity contribution is -0.138. The topological polar surface area (TPSA) is 58.6 Å². The fraction of sp³-hybridized carbons (Fsp3) is 0.235. The summed E-state index contributed by atoms with van der Waals surface area (Å²) in [5, 5.41) is 12.6. The number of hydrogen-bond donors (Lipinski definition) is 2. The van der Waals surface area contributed by atoms with Crippen molar-refractivity contribution in [1.82, 2.24) is 0 Å². The quantitative estimate of drug-likeness (QED) is 0.854. The summed E-state index contributed by atoms with van der Waals surface area (Å²) in [6.07, 6.45) is 0. The van der Waals surface area contributed by atoms with Crippen LogP contribution in [0.2, 0.25) is 0 Å². The number of rotatable bonds is 6. The lowest BCUT2D eigenvalue weighted by Crippen LogP contribution is -2.22. The van der Waals surface area contributed by atoms with E-state index in [4.69, 9.17) is 4.74 Å². The zero-order valence-electron chi connectivity index (χ0n) is 12.2. The molecule has 0 aliphatic carbocycles. The molecular weight excluding hydrogens is 266 g/mol. The summed E-state index contributed by atoms with van der Waals surface area (Å²) < 4.78 is 5.14. The highest BCUT2D eigenvalue weighted by atomic mass is 16.5. The molecule has 4 nitrogen and oxygen atoms in total. The number of carboxylic acid groups (broad SMARTS) is 1. The van der Waals surface area contributed by atoms with Gasteiger partial charge in [0.1, 0.15) is 0 Å². The third kappa shape index (κ3) is 3.83. The molecule has 0 saturated carbocycles. The Labute approximate surface area is 124 Å². The molecule has 21 heavy (non-hydrogen) atoms. The summed E-state index contributed by atoms with van der Waals surface area (Å²) in [6, 6.07) is 14.3. The van der Waals surface area contributed by atoms with Gasteiger partial charge in [0, 0.05) is 12.8 Å². The van der Waals surface area contributed by atoms with Crippen LogP contribution in [0.5, 0.6) is 0 Å². The number of benzene rings is 2. The summed E-state index contributed by atoms with van der Waals surface area (Å²) in [5.74, 6) is -0.917. The maximum Gasteiger partial charge on any atom is 0.330 e. The van der Waals surface area contributed by atoms with Gasteiger partial charge in [-0.2, -0.15) is 0 Å². The predicted octanol–water partition coefficient (Wildman–Crippen LogP) is 3.38. The molecule has 1 atom stereocenters. The number of carbonyl (C=O) groups is 1. The zero-order chi connectivity index (χ0) is 15.2. The van der Waals surface area contributed by atoms with Gasteiger partial charge in [0.15, 0.2) is 6.04 Å². The Balaban J connectivity index is 2.31. The van der Waals surface area contributed by atoms with Gasteiger partial charge in [0.05, 0.1) is 6.61 Å². The van der Waals surface area contributed by atoms with Crippen LogP contribution >= 0.6 is 0 Å². The molecule has 0 radical (unpaired) electrons. The molecule has 2 aromatic carbocycles. The molecule has 2 rings (SSSR count). The van der Waals surface area contributed by atoms with E-state index < -0.39 is 12.0 Å². The first-order valence-electron chi connectivity index (χ1n) is 6.74. The smallest absolute Gasteiger partial charge is 0.330 e. The van der Waals surface area contributed by atoms with Crippen LogP contribution in [0.3, 0.4) is 0 Å². The molecule has 1 unspecified atom stereocenters. The van der Waals surface area contributed by atoms with Crippen molar-refractivity contribution in [3.05, 3.63) is 65.2 Å². The highest BCUT2D eigenvalue weighted by Gasteiger charge is 2.22. The molecule has 0 saturated heterocycles. The predicted molar refractivity (Wildman–Crippen MR) is 82.3 cm³/mol. The third-order valence-electron chi connectivity index (χ3n) is 3.28. The van der Waals surface area contributed by atoms with E-state index in [-0.39, 0.29) is 0 Å². The average molecular weight is 285 g/mol. The van der Waals surface area contributed by atoms with Crippen molar-refractivity contribution in [3.63, 3.8) is 0 Å². The van der Waals surface area contributed by atoms with Crippen molar-refractivity contribution in [1.29, 1.82) is 0 Å². The van der Waals surface area contributed by atoms with E-state index in [2.05, 4.69) is 5.32 Å². The van der Waals surface area contributed by atoms with Crippen LogP contribution in [0.15, 0.2) is 48.5 Å². The Morgan fingerprint density at radius 2 is 1.86 bits per heavy atom. The van der Waals surface area contributed by atoms with Gasteiger partial charge in [-0.05, 0) is 30.2 Å². The number of ether oxygens (including phenoxy) is 1. The minimum Gasteiger partial charge on any atom is -0.479 e. The van der Waals surface area contributed by atoms with Crippen LogP contribution in [0.25, 0.3) is 0 Å². The highest BCUT2D eigenvalue weighted by Crippen LogP contribution is 2.24. The molecular formula is C17H19NO3. The molecule has 4 heteroatoms. The fourth-order valence-corrected chi connectivity index (χ4v) is 2.19. The number of nitrogens with one attached hydrogen (secondary N) is 1. The molecule has 0 heterocycles. The molecule has 0 fully saturated rings. The molecule has 0 spiro atoms. The Morgan fingerprint density at radius 3 is 2.48 bits per heavy atom. The minimum atomic E-state index is -0.917. The van der Waals surface area contributed by atoms with E-state index in [0.29, 0.717) is 12.2 Å². The minimum absolute atomic E-state index is 0.384. The summed E-state index contributed by atoms with van der Waals surface area (Å²) >= 11 is 0. The van der Waals surface area contributed by atoms with E-state index in [0.717, 1.165) is 16.8 Å². The number of hydrogen-bond acceptors (Lipinski definition) is 3. The number of aliphatic carboxylic acids is 1. The Morgan fingerprint density at radius 1 is 1.19 bits per heavy atom. The highest BCUT2D eigenvalue weighted by molar-refractivity contribution is 5.79. The zero-order valence-corrected chi connectivity index (χ0v) is 12.2. The molecule has 110 valence electrons. The van der Waals surface area contributed by atoms with Crippen molar-refractivity contribution >= 4 is 11.7 Å². The van der Waals surface area contributed by atoms with Gasteiger partial charge in [0.2, 0.25) is 0 Å². The van der Waals surface area contributed by atoms with Gasteiger partial charge in [-0.3, -0.25) is 0 Å². The fourth-order valence-electron chi connectivity index (χ4n) is 2.19. The SMILES string of the molecule is COCc1ccccc1C(Nc1ccc(C)cc1)C(=O)O. The van der Waals surface area contributed by atoms with Crippen molar-refractivity contribution in [2.75, 3.05) is 12.4 Å². The van der Waals surface area contributed by atoms with E-state index in [1.54, 1.807) is 7.11 Å². The largest absolute Gasteiger partial charge is 0.479 e. The maximum absolute atomic E-state index is 11.6. The lowest BCUT2D eigenvalue weighted by Gasteiger charge is -2.19. The van der Waals surface area contributed by atoms with Crippen molar-refractivity contribution < 1.29 is 14.6 Å². The molecule has 2 aromatic rings. The molecule has 2 N–H and O–H groups in total. The Bertz CT molecular complexity index is 608. The van der Waals surface area contributed by atoms with Gasteiger partial charge in [-0.1, -0.05) is 42.0 Å². The third-order valence-corrected chi connectivity index (χ3v) is 3.28. The summed E-state index contributed by atoms with van der Waals surface area (Å²) in [4.78, 5) is 11.6.